The van der Waals surface area contributed by atoms with Crippen molar-refractivity contribution in [3.63, 3.8) is 0 Å². The van der Waals surface area contributed by atoms with Crippen LogP contribution in [0.4, 0.5) is 0 Å². The molecule has 0 saturated heterocycles. The zero-order chi connectivity index (χ0) is 11.9. The van der Waals surface area contributed by atoms with E-state index in [0.717, 1.165) is 24.1 Å². The van der Waals surface area contributed by atoms with Crippen molar-refractivity contribution in [3.05, 3.63) is 48.0 Å². The first-order valence-corrected chi connectivity index (χ1v) is 5.80. The van der Waals surface area contributed by atoms with E-state index >= 15 is 0 Å². The van der Waals surface area contributed by atoms with Crippen LogP contribution < -0.4 is 0 Å². The minimum absolute atomic E-state index is 0.237. The number of rotatable bonds is 6. The van der Waals surface area contributed by atoms with Crippen LogP contribution in [0.3, 0.4) is 0 Å². The standard InChI is InChI=1S/C14H22NO/c1-3-4-10-15(2,11-12-16)13-14-8-6-5-7-9-14/h3-9,16H,10-13H2,1-2H3/q+1/b4-3+/t15-/m1/s1. The van der Waals surface area contributed by atoms with Gasteiger partial charge in [0, 0.05) is 5.56 Å². The fraction of sp³-hybridized carbons (Fsp3) is 0.429. The molecule has 2 heteroatoms. The van der Waals surface area contributed by atoms with E-state index in [1.54, 1.807) is 0 Å². The molecule has 1 rings (SSSR count). The Balaban J connectivity index is 2.70. The topological polar surface area (TPSA) is 20.2 Å². The third kappa shape index (κ3) is 4.17. The zero-order valence-corrected chi connectivity index (χ0v) is 10.3. The Labute approximate surface area is 98.4 Å². The number of aliphatic hydroxyl groups is 1. The Hall–Kier alpha value is -1.12. The highest BCUT2D eigenvalue weighted by Gasteiger charge is 2.19. The van der Waals surface area contributed by atoms with Crippen molar-refractivity contribution in [2.45, 2.75) is 13.5 Å². The van der Waals surface area contributed by atoms with Crippen molar-refractivity contribution in [2.75, 3.05) is 26.7 Å². The molecule has 0 aliphatic rings. The number of allylic oxidation sites excluding steroid dienone is 1. The van der Waals surface area contributed by atoms with Crippen molar-refractivity contribution in [1.82, 2.24) is 0 Å². The predicted octanol–water partition coefficient (Wildman–Crippen LogP) is 2.20. The van der Waals surface area contributed by atoms with Crippen molar-refractivity contribution >= 4 is 0 Å². The summed E-state index contributed by atoms with van der Waals surface area (Å²) in [5, 5.41) is 9.14. The second-order valence-electron chi connectivity index (χ2n) is 4.46. The number of quaternary nitrogens is 1. The minimum Gasteiger partial charge on any atom is -0.391 e. The summed E-state index contributed by atoms with van der Waals surface area (Å²) in [4.78, 5) is 0. The van der Waals surface area contributed by atoms with Crippen LogP contribution in [0.2, 0.25) is 0 Å². The van der Waals surface area contributed by atoms with Crippen molar-refractivity contribution in [2.24, 2.45) is 0 Å². The zero-order valence-electron chi connectivity index (χ0n) is 10.3. The monoisotopic (exact) mass is 220 g/mol. The number of aliphatic hydroxyl groups excluding tert-OH is 1. The van der Waals surface area contributed by atoms with Gasteiger partial charge in [-0.15, -0.1) is 0 Å². The van der Waals surface area contributed by atoms with Gasteiger partial charge >= 0.3 is 0 Å². The second kappa shape index (κ2) is 6.46. The van der Waals surface area contributed by atoms with E-state index in [9.17, 15) is 0 Å². The number of hydrogen-bond donors (Lipinski definition) is 1. The molecule has 1 aromatic rings. The lowest BCUT2D eigenvalue weighted by Gasteiger charge is -2.33. The summed E-state index contributed by atoms with van der Waals surface area (Å²) < 4.78 is 0.852. The molecule has 1 aromatic carbocycles. The molecular formula is C14H22NO+. The third-order valence-corrected chi connectivity index (χ3v) is 2.83. The lowest BCUT2D eigenvalue weighted by molar-refractivity contribution is -0.917. The van der Waals surface area contributed by atoms with Crippen molar-refractivity contribution < 1.29 is 9.59 Å². The van der Waals surface area contributed by atoms with E-state index in [0.29, 0.717) is 0 Å². The van der Waals surface area contributed by atoms with Gasteiger partial charge < -0.3 is 9.59 Å². The highest BCUT2D eigenvalue weighted by molar-refractivity contribution is 5.13. The summed E-state index contributed by atoms with van der Waals surface area (Å²) in [6.07, 6.45) is 4.23. The Morgan fingerprint density at radius 2 is 1.94 bits per heavy atom. The van der Waals surface area contributed by atoms with E-state index in [1.165, 1.54) is 5.56 Å². The van der Waals surface area contributed by atoms with Crippen LogP contribution in [0.5, 0.6) is 0 Å². The lowest BCUT2D eigenvalue weighted by atomic mass is 10.2. The molecule has 1 N–H and O–H groups in total. The average molecular weight is 220 g/mol. The van der Waals surface area contributed by atoms with Crippen LogP contribution in [0.25, 0.3) is 0 Å². The predicted molar refractivity (Wildman–Crippen MR) is 68.0 cm³/mol. The Bertz CT molecular complexity index is 321. The molecule has 0 aliphatic heterocycles. The average Bonchev–Trinajstić information content (AvgIpc) is 2.28. The molecule has 0 bridgehead atoms. The van der Waals surface area contributed by atoms with Gasteiger partial charge in [-0.2, -0.15) is 0 Å². The largest absolute Gasteiger partial charge is 0.391 e. The quantitative estimate of drug-likeness (QED) is 0.575. The molecule has 0 radical (unpaired) electrons. The van der Waals surface area contributed by atoms with E-state index in [1.807, 2.05) is 13.0 Å². The molecule has 0 heterocycles. The molecule has 1 atom stereocenters. The normalized spacial score (nSPS) is 15.2. The molecule has 0 fully saturated rings. The molecule has 16 heavy (non-hydrogen) atoms. The molecular weight excluding hydrogens is 198 g/mol. The first-order chi connectivity index (χ1) is 7.70. The summed E-state index contributed by atoms with van der Waals surface area (Å²) in [6, 6.07) is 10.4. The fourth-order valence-electron chi connectivity index (χ4n) is 1.86. The first-order valence-electron chi connectivity index (χ1n) is 5.80. The van der Waals surface area contributed by atoms with Crippen LogP contribution in [0, 0.1) is 0 Å². The van der Waals surface area contributed by atoms with Crippen LogP contribution in [-0.4, -0.2) is 36.3 Å². The maximum absolute atomic E-state index is 9.14. The summed E-state index contributed by atoms with van der Waals surface area (Å²) in [7, 11) is 2.18. The number of likely N-dealkylation sites (N-methyl/N-ethyl adjacent to an activating group) is 1. The molecule has 0 spiro atoms. The van der Waals surface area contributed by atoms with Gasteiger partial charge in [-0.1, -0.05) is 36.4 Å². The van der Waals surface area contributed by atoms with Gasteiger partial charge in [0.2, 0.25) is 0 Å². The highest BCUT2D eigenvalue weighted by atomic mass is 16.3. The SMILES string of the molecule is C/C=C/C[N@+](C)(CCO)Cc1ccccc1. The first kappa shape index (κ1) is 12.9. The van der Waals surface area contributed by atoms with Gasteiger partial charge in [-0.3, -0.25) is 0 Å². The second-order valence-corrected chi connectivity index (χ2v) is 4.46. The Morgan fingerprint density at radius 1 is 1.25 bits per heavy atom. The minimum atomic E-state index is 0.237. The van der Waals surface area contributed by atoms with Crippen molar-refractivity contribution in [1.29, 1.82) is 0 Å². The smallest absolute Gasteiger partial charge is 0.104 e. The van der Waals surface area contributed by atoms with Gasteiger partial charge in [0.1, 0.15) is 13.1 Å². The van der Waals surface area contributed by atoms with E-state index in [4.69, 9.17) is 5.11 Å². The van der Waals surface area contributed by atoms with Gasteiger partial charge in [0.25, 0.3) is 0 Å². The van der Waals surface area contributed by atoms with E-state index in [2.05, 4.69) is 43.5 Å². The summed E-state index contributed by atoms with van der Waals surface area (Å²) in [6.45, 7) is 4.99. The number of benzene rings is 1. The number of hydrogen-bond acceptors (Lipinski definition) is 1. The van der Waals surface area contributed by atoms with Crippen LogP contribution in [-0.2, 0) is 6.54 Å². The van der Waals surface area contributed by atoms with Crippen LogP contribution in [0.1, 0.15) is 12.5 Å². The lowest BCUT2D eigenvalue weighted by Crippen LogP contribution is -2.45. The molecule has 88 valence electrons. The fourth-order valence-corrected chi connectivity index (χ4v) is 1.86. The highest BCUT2D eigenvalue weighted by Crippen LogP contribution is 2.11. The van der Waals surface area contributed by atoms with E-state index in [-0.39, 0.29) is 6.61 Å². The molecule has 0 saturated carbocycles. The summed E-state index contributed by atoms with van der Waals surface area (Å²) in [5.41, 5.74) is 1.32. The van der Waals surface area contributed by atoms with E-state index < -0.39 is 0 Å². The molecule has 0 aliphatic carbocycles. The molecule has 0 unspecified atom stereocenters. The molecule has 0 aromatic heterocycles. The van der Waals surface area contributed by atoms with Gasteiger partial charge in [0.15, 0.2) is 0 Å². The number of nitrogens with zero attached hydrogens (tertiary/aromatic N) is 1. The maximum atomic E-state index is 9.14. The maximum Gasteiger partial charge on any atom is 0.104 e. The summed E-state index contributed by atoms with van der Waals surface area (Å²) in [5.74, 6) is 0. The Kier molecular flexibility index (Phi) is 5.23. The van der Waals surface area contributed by atoms with Gasteiger partial charge in [0.05, 0.1) is 20.2 Å². The summed E-state index contributed by atoms with van der Waals surface area (Å²) >= 11 is 0. The molecule has 0 amide bonds. The van der Waals surface area contributed by atoms with Gasteiger partial charge in [-0.05, 0) is 13.0 Å². The van der Waals surface area contributed by atoms with Crippen LogP contribution >= 0.6 is 0 Å². The van der Waals surface area contributed by atoms with Crippen molar-refractivity contribution in [3.8, 4) is 0 Å². The Morgan fingerprint density at radius 3 is 2.50 bits per heavy atom. The third-order valence-electron chi connectivity index (χ3n) is 2.83. The van der Waals surface area contributed by atoms with Crippen LogP contribution in [0.15, 0.2) is 42.5 Å². The molecule has 2 nitrogen and oxygen atoms in total. The van der Waals surface area contributed by atoms with Gasteiger partial charge in [-0.25, -0.2) is 0 Å².